The highest BCUT2D eigenvalue weighted by Gasteiger charge is 2.18. The summed E-state index contributed by atoms with van der Waals surface area (Å²) in [5, 5.41) is 7.03. The Kier molecular flexibility index (Phi) is 3.22. The van der Waals surface area contributed by atoms with Gasteiger partial charge in [0.25, 0.3) is 5.89 Å². The smallest absolute Gasteiger partial charge is 0.396 e. The molecule has 2 rings (SSSR count). The van der Waals surface area contributed by atoms with E-state index in [-0.39, 0.29) is 17.3 Å². The topological polar surface area (TPSA) is 74.5 Å². The third-order valence-electron chi connectivity index (χ3n) is 2.19. The maximum absolute atomic E-state index is 13.7. The average Bonchev–Trinajstić information content (AvgIpc) is 2.87. The van der Waals surface area contributed by atoms with Crippen LogP contribution in [0.5, 0.6) is 5.75 Å². The molecule has 0 atom stereocenters. The summed E-state index contributed by atoms with van der Waals surface area (Å²) in [5.41, 5.74) is 0.0819. The fraction of sp³-hybridized carbons (Fsp3) is 0.182. The summed E-state index contributed by atoms with van der Waals surface area (Å²) in [6.45, 7) is 0. The van der Waals surface area contributed by atoms with Crippen molar-refractivity contribution in [3.63, 3.8) is 0 Å². The van der Waals surface area contributed by atoms with Crippen LogP contribution in [0, 0.1) is 5.82 Å². The molecule has 94 valence electrons. The number of methoxy groups -OCH3 is 2. The van der Waals surface area contributed by atoms with Gasteiger partial charge in [-0.25, -0.2) is 9.18 Å². The lowest BCUT2D eigenvalue weighted by Crippen LogP contribution is -2.00. The Morgan fingerprint density at radius 2 is 2.11 bits per heavy atom. The van der Waals surface area contributed by atoms with E-state index in [1.807, 2.05) is 0 Å². The highest BCUT2D eigenvalue weighted by molar-refractivity contribution is 5.84. The van der Waals surface area contributed by atoms with Gasteiger partial charge in [-0.05, 0) is 12.1 Å². The van der Waals surface area contributed by atoms with Crippen LogP contribution in [0.25, 0.3) is 11.5 Å². The van der Waals surface area contributed by atoms with Crippen LogP contribution in [-0.2, 0) is 4.74 Å². The number of hydrogen-bond donors (Lipinski definition) is 0. The number of esters is 1. The van der Waals surface area contributed by atoms with Crippen LogP contribution >= 0.6 is 0 Å². The van der Waals surface area contributed by atoms with Crippen molar-refractivity contribution in [1.29, 1.82) is 0 Å². The minimum absolute atomic E-state index is 0.0819. The van der Waals surface area contributed by atoms with Gasteiger partial charge in [-0.15, -0.1) is 10.2 Å². The largest absolute Gasteiger partial charge is 0.497 e. The molecular weight excluding hydrogens is 243 g/mol. The van der Waals surface area contributed by atoms with Crippen molar-refractivity contribution in [2.24, 2.45) is 0 Å². The van der Waals surface area contributed by atoms with Gasteiger partial charge >= 0.3 is 11.9 Å². The lowest BCUT2D eigenvalue weighted by atomic mass is 10.2. The van der Waals surface area contributed by atoms with Crippen LogP contribution in [-0.4, -0.2) is 30.4 Å². The number of nitrogens with zero attached hydrogens (tertiary/aromatic N) is 2. The number of carbonyl (C=O) groups excluding carboxylic acids is 1. The monoisotopic (exact) mass is 252 g/mol. The zero-order valence-electron chi connectivity index (χ0n) is 9.64. The summed E-state index contributed by atoms with van der Waals surface area (Å²) in [6, 6.07) is 4.14. The van der Waals surface area contributed by atoms with E-state index in [4.69, 9.17) is 9.15 Å². The van der Waals surface area contributed by atoms with E-state index in [2.05, 4.69) is 14.9 Å². The van der Waals surface area contributed by atoms with E-state index < -0.39 is 11.8 Å². The van der Waals surface area contributed by atoms with Gasteiger partial charge < -0.3 is 13.9 Å². The van der Waals surface area contributed by atoms with E-state index in [1.165, 1.54) is 26.4 Å². The Morgan fingerprint density at radius 1 is 1.33 bits per heavy atom. The second kappa shape index (κ2) is 4.82. The zero-order chi connectivity index (χ0) is 13.1. The highest BCUT2D eigenvalue weighted by atomic mass is 19.1. The van der Waals surface area contributed by atoms with Crippen LogP contribution < -0.4 is 4.74 Å². The Balaban J connectivity index is 2.37. The second-order valence-corrected chi connectivity index (χ2v) is 3.25. The number of rotatable bonds is 3. The molecule has 2 aromatic rings. The van der Waals surface area contributed by atoms with Gasteiger partial charge in [0.05, 0.1) is 19.8 Å². The number of halogens is 1. The lowest BCUT2D eigenvalue weighted by Gasteiger charge is -2.01. The number of aromatic nitrogens is 2. The summed E-state index contributed by atoms with van der Waals surface area (Å²) in [6.07, 6.45) is 0. The molecule has 1 aromatic carbocycles. The molecule has 0 saturated carbocycles. The molecule has 0 N–H and O–H groups in total. The zero-order valence-corrected chi connectivity index (χ0v) is 9.64. The van der Waals surface area contributed by atoms with E-state index in [1.54, 1.807) is 6.07 Å². The maximum atomic E-state index is 13.7. The predicted molar refractivity (Wildman–Crippen MR) is 57.6 cm³/mol. The molecule has 0 aliphatic heterocycles. The van der Waals surface area contributed by atoms with Crippen LogP contribution in [0.1, 0.15) is 10.7 Å². The molecule has 0 radical (unpaired) electrons. The van der Waals surface area contributed by atoms with E-state index in [0.29, 0.717) is 5.75 Å². The molecule has 0 bridgehead atoms. The fourth-order valence-corrected chi connectivity index (χ4v) is 1.30. The molecule has 6 nitrogen and oxygen atoms in total. The SMILES string of the molecule is COC(=O)c1nnc(-c2ccc(OC)cc2F)o1. The Morgan fingerprint density at radius 3 is 2.72 bits per heavy atom. The van der Waals surface area contributed by atoms with Gasteiger partial charge in [0.15, 0.2) is 0 Å². The molecule has 18 heavy (non-hydrogen) atoms. The normalized spacial score (nSPS) is 10.2. The van der Waals surface area contributed by atoms with Crippen molar-refractivity contribution in [3.05, 3.63) is 29.9 Å². The second-order valence-electron chi connectivity index (χ2n) is 3.25. The number of benzene rings is 1. The van der Waals surface area contributed by atoms with Gasteiger partial charge in [0.1, 0.15) is 11.6 Å². The van der Waals surface area contributed by atoms with Crippen molar-refractivity contribution in [2.75, 3.05) is 14.2 Å². The molecule has 0 amide bonds. The molecule has 7 heteroatoms. The Hall–Kier alpha value is -2.44. The first-order valence-corrected chi connectivity index (χ1v) is 4.91. The van der Waals surface area contributed by atoms with Crippen molar-refractivity contribution in [2.45, 2.75) is 0 Å². The van der Waals surface area contributed by atoms with Crippen LogP contribution in [0.15, 0.2) is 22.6 Å². The molecule has 0 fully saturated rings. The van der Waals surface area contributed by atoms with Crippen molar-refractivity contribution in [1.82, 2.24) is 10.2 Å². The standard InChI is InChI=1S/C11H9FN2O4/c1-16-6-3-4-7(8(12)5-6)9-13-14-10(18-9)11(15)17-2/h3-5H,1-2H3. The van der Waals surface area contributed by atoms with Gasteiger partial charge in [0, 0.05) is 6.07 Å². The third-order valence-corrected chi connectivity index (χ3v) is 2.19. The van der Waals surface area contributed by atoms with Crippen LogP contribution in [0.4, 0.5) is 4.39 Å². The first-order chi connectivity index (χ1) is 8.65. The molecule has 0 spiro atoms. The first-order valence-electron chi connectivity index (χ1n) is 4.91. The molecule has 1 heterocycles. The van der Waals surface area contributed by atoms with Crippen molar-refractivity contribution in [3.8, 4) is 17.2 Å². The molecule has 0 unspecified atom stereocenters. The molecule has 0 aliphatic rings. The number of carbonyl (C=O) groups is 1. The summed E-state index contributed by atoms with van der Waals surface area (Å²) in [5.74, 6) is -1.43. The fourth-order valence-electron chi connectivity index (χ4n) is 1.30. The summed E-state index contributed by atoms with van der Waals surface area (Å²) in [7, 11) is 2.61. The Bertz CT molecular complexity index is 582. The molecule has 0 aliphatic carbocycles. The van der Waals surface area contributed by atoms with Crippen molar-refractivity contribution >= 4 is 5.97 Å². The minimum atomic E-state index is -0.775. The van der Waals surface area contributed by atoms with Crippen molar-refractivity contribution < 1.29 is 23.1 Å². The molecule has 1 aromatic heterocycles. The summed E-state index contributed by atoms with van der Waals surface area (Å²) in [4.78, 5) is 11.1. The van der Waals surface area contributed by atoms with E-state index >= 15 is 0 Å². The highest BCUT2D eigenvalue weighted by Crippen LogP contribution is 2.25. The molecule has 0 saturated heterocycles. The van der Waals surface area contributed by atoms with E-state index in [9.17, 15) is 9.18 Å². The quantitative estimate of drug-likeness (QED) is 0.773. The maximum Gasteiger partial charge on any atom is 0.396 e. The lowest BCUT2D eigenvalue weighted by molar-refractivity contribution is 0.0556. The van der Waals surface area contributed by atoms with Gasteiger partial charge in [0.2, 0.25) is 0 Å². The first kappa shape index (κ1) is 12.0. The number of ether oxygens (including phenoxy) is 2. The Labute approximate surface area is 101 Å². The summed E-state index contributed by atoms with van der Waals surface area (Å²) >= 11 is 0. The third kappa shape index (κ3) is 2.15. The van der Waals surface area contributed by atoms with Gasteiger partial charge in [-0.3, -0.25) is 0 Å². The van der Waals surface area contributed by atoms with Crippen LogP contribution in [0.3, 0.4) is 0 Å². The average molecular weight is 252 g/mol. The van der Waals surface area contributed by atoms with Crippen LogP contribution in [0.2, 0.25) is 0 Å². The summed E-state index contributed by atoms with van der Waals surface area (Å²) < 4.78 is 28.0. The van der Waals surface area contributed by atoms with Gasteiger partial charge in [-0.1, -0.05) is 0 Å². The predicted octanol–water partition coefficient (Wildman–Crippen LogP) is 1.67. The molecular formula is C11H9FN2O4. The van der Waals surface area contributed by atoms with Gasteiger partial charge in [-0.2, -0.15) is 0 Å². The van der Waals surface area contributed by atoms with E-state index in [0.717, 1.165) is 0 Å². The minimum Gasteiger partial charge on any atom is -0.497 e. The number of hydrogen-bond acceptors (Lipinski definition) is 6.